The fourth-order valence-corrected chi connectivity index (χ4v) is 3.74. The van der Waals surface area contributed by atoms with Crippen LogP contribution in [0, 0.1) is 0 Å². The van der Waals surface area contributed by atoms with Crippen LogP contribution in [-0.2, 0) is 17.9 Å². The maximum atomic E-state index is 12.3. The van der Waals surface area contributed by atoms with Crippen molar-refractivity contribution in [2.45, 2.75) is 25.2 Å². The highest BCUT2D eigenvalue weighted by Gasteiger charge is 2.15. The summed E-state index contributed by atoms with van der Waals surface area (Å²) in [7, 11) is 0. The fourth-order valence-electron chi connectivity index (χ4n) is 2.62. The summed E-state index contributed by atoms with van der Waals surface area (Å²) in [5, 5.41) is 15.2. The normalized spacial score (nSPS) is 10.6. The standard InChI is InChI=1S/C20H19Cl2N5O2S/c1-2-27-17(11-23-19(29)13-8-9-15(21)16(22)10-13)25-26-20(27)30-12-18(28)24-14-6-4-3-5-7-14/h3-10H,2,11-12H2,1H3,(H,23,29)(H,24,28). The Hall–Kier alpha value is -2.55. The van der Waals surface area contributed by atoms with Gasteiger partial charge in [-0.05, 0) is 37.3 Å². The van der Waals surface area contributed by atoms with Crippen molar-refractivity contribution >= 4 is 52.5 Å². The summed E-state index contributed by atoms with van der Waals surface area (Å²) in [6, 6.07) is 13.9. The summed E-state index contributed by atoms with van der Waals surface area (Å²) in [5.41, 5.74) is 1.14. The van der Waals surface area contributed by atoms with E-state index >= 15 is 0 Å². The molecule has 7 nitrogen and oxygen atoms in total. The van der Waals surface area contributed by atoms with Crippen LogP contribution in [0.25, 0.3) is 0 Å². The first-order valence-corrected chi connectivity index (χ1v) is 10.8. The van der Waals surface area contributed by atoms with Crippen LogP contribution in [-0.4, -0.2) is 32.3 Å². The molecule has 2 aromatic carbocycles. The lowest BCUT2D eigenvalue weighted by atomic mass is 10.2. The summed E-state index contributed by atoms with van der Waals surface area (Å²) >= 11 is 13.1. The average molecular weight is 464 g/mol. The van der Waals surface area contributed by atoms with E-state index in [4.69, 9.17) is 23.2 Å². The van der Waals surface area contributed by atoms with Gasteiger partial charge in [0.05, 0.1) is 22.3 Å². The van der Waals surface area contributed by atoms with Gasteiger partial charge in [-0.2, -0.15) is 0 Å². The van der Waals surface area contributed by atoms with Crippen LogP contribution < -0.4 is 10.6 Å². The van der Waals surface area contributed by atoms with E-state index in [1.165, 1.54) is 17.8 Å². The van der Waals surface area contributed by atoms with E-state index in [-0.39, 0.29) is 24.1 Å². The minimum atomic E-state index is -0.296. The van der Waals surface area contributed by atoms with Crippen molar-refractivity contribution in [3.8, 4) is 0 Å². The zero-order chi connectivity index (χ0) is 21.5. The van der Waals surface area contributed by atoms with Gasteiger partial charge in [-0.1, -0.05) is 53.2 Å². The molecule has 0 saturated carbocycles. The van der Waals surface area contributed by atoms with Crippen LogP contribution in [0.1, 0.15) is 23.1 Å². The number of amides is 2. The first-order valence-electron chi connectivity index (χ1n) is 9.11. The molecule has 0 atom stereocenters. The van der Waals surface area contributed by atoms with Crippen molar-refractivity contribution in [1.82, 2.24) is 20.1 Å². The van der Waals surface area contributed by atoms with Crippen molar-refractivity contribution in [3.05, 3.63) is 70.0 Å². The maximum Gasteiger partial charge on any atom is 0.251 e. The van der Waals surface area contributed by atoms with Gasteiger partial charge in [0.1, 0.15) is 0 Å². The Morgan fingerprint density at radius 2 is 1.83 bits per heavy atom. The van der Waals surface area contributed by atoms with E-state index in [0.717, 1.165) is 5.69 Å². The number of halogens is 2. The van der Waals surface area contributed by atoms with Gasteiger partial charge >= 0.3 is 0 Å². The molecular formula is C20H19Cl2N5O2S. The molecule has 10 heteroatoms. The minimum Gasteiger partial charge on any atom is -0.345 e. The molecule has 1 heterocycles. The molecule has 3 aromatic rings. The topological polar surface area (TPSA) is 88.9 Å². The molecule has 0 bridgehead atoms. The molecule has 2 N–H and O–H groups in total. The molecule has 2 amide bonds. The molecule has 0 unspecified atom stereocenters. The van der Waals surface area contributed by atoms with Crippen LogP contribution in [0.5, 0.6) is 0 Å². The zero-order valence-corrected chi connectivity index (χ0v) is 18.4. The van der Waals surface area contributed by atoms with E-state index in [2.05, 4.69) is 20.8 Å². The first kappa shape index (κ1) is 22.1. The Balaban J connectivity index is 1.57. The van der Waals surface area contributed by atoms with Crippen molar-refractivity contribution in [2.24, 2.45) is 0 Å². The number of aromatic nitrogens is 3. The molecule has 0 aliphatic heterocycles. The molecular weight excluding hydrogens is 445 g/mol. The van der Waals surface area contributed by atoms with Crippen LogP contribution in [0.4, 0.5) is 5.69 Å². The molecule has 0 saturated heterocycles. The van der Waals surface area contributed by atoms with Gasteiger partial charge in [0.15, 0.2) is 11.0 Å². The Kier molecular flexibility index (Phi) is 7.73. The van der Waals surface area contributed by atoms with E-state index in [9.17, 15) is 9.59 Å². The summed E-state index contributed by atoms with van der Waals surface area (Å²) in [5.74, 6) is 0.363. The monoisotopic (exact) mass is 463 g/mol. The second-order valence-corrected chi connectivity index (χ2v) is 7.91. The third-order valence-electron chi connectivity index (χ3n) is 4.09. The summed E-state index contributed by atoms with van der Waals surface area (Å²) in [6.45, 7) is 2.74. The number of thioether (sulfide) groups is 1. The van der Waals surface area contributed by atoms with Gasteiger partial charge < -0.3 is 15.2 Å². The fraction of sp³-hybridized carbons (Fsp3) is 0.200. The Labute approximate surface area is 188 Å². The Morgan fingerprint density at radius 3 is 2.53 bits per heavy atom. The van der Waals surface area contributed by atoms with Crippen LogP contribution in [0.3, 0.4) is 0 Å². The molecule has 0 fully saturated rings. The number of anilines is 1. The number of rotatable bonds is 8. The molecule has 0 aliphatic carbocycles. The second kappa shape index (κ2) is 10.5. The largest absolute Gasteiger partial charge is 0.345 e. The lowest BCUT2D eigenvalue weighted by Gasteiger charge is -2.09. The number of hydrogen-bond donors (Lipinski definition) is 2. The van der Waals surface area contributed by atoms with Gasteiger partial charge in [-0.25, -0.2) is 0 Å². The number of hydrogen-bond acceptors (Lipinski definition) is 5. The molecule has 0 aliphatic rings. The Morgan fingerprint density at radius 1 is 1.07 bits per heavy atom. The van der Waals surface area contributed by atoms with Gasteiger partial charge in [0.2, 0.25) is 5.91 Å². The highest BCUT2D eigenvalue weighted by atomic mass is 35.5. The number of carbonyl (C=O) groups excluding carboxylic acids is 2. The predicted octanol–water partition coefficient (Wildman–Crippen LogP) is 4.27. The number of para-hydroxylation sites is 1. The van der Waals surface area contributed by atoms with Gasteiger partial charge in [-0.15, -0.1) is 10.2 Å². The van der Waals surface area contributed by atoms with Crippen LogP contribution in [0.15, 0.2) is 53.7 Å². The predicted molar refractivity (Wildman–Crippen MR) is 119 cm³/mol. The van der Waals surface area contributed by atoms with E-state index < -0.39 is 0 Å². The SMILES string of the molecule is CCn1c(CNC(=O)c2ccc(Cl)c(Cl)c2)nnc1SCC(=O)Nc1ccccc1. The quantitative estimate of drug-likeness (QED) is 0.487. The van der Waals surface area contributed by atoms with Crippen molar-refractivity contribution in [1.29, 1.82) is 0 Å². The van der Waals surface area contributed by atoms with Crippen molar-refractivity contribution in [2.75, 3.05) is 11.1 Å². The number of benzene rings is 2. The van der Waals surface area contributed by atoms with Crippen molar-refractivity contribution < 1.29 is 9.59 Å². The molecule has 1 aromatic heterocycles. The Bertz CT molecular complexity index is 1040. The molecule has 0 spiro atoms. The van der Waals surface area contributed by atoms with Crippen molar-refractivity contribution in [3.63, 3.8) is 0 Å². The van der Waals surface area contributed by atoms with Crippen LogP contribution >= 0.6 is 35.0 Å². The third kappa shape index (κ3) is 5.75. The summed E-state index contributed by atoms with van der Waals surface area (Å²) in [6.07, 6.45) is 0. The van der Waals surface area contributed by atoms with Gasteiger partial charge in [0, 0.05) is 17.8 Å². The second-order valence-electron chi connectivity index (χ2n) is 6.16. The zero-order valence-electron chi connectivity index (χ0n) is 16.1. The summed E-state index contributed by atoms with van der Waals surface area (Å²) in [4.78, 5) is 24.5. The highest BCUT2D eigenvalue weighted by Crippen LogP contribution is 2.22. The van der Waals surface area contributed by atoms with E-state index in [1.54, 1.807) is 12.1 Å². The first-order chi connectivity index (χ1) is 14.5. The maximum absolute atomic E-state index is 12.3. The average Bonchev–Trinajstić information content (AvgIpc) is 3.15. The van der Waals surface area contributed by atoms with E-state index in [1.807, 2.05) is 41.8 Å². The summed E-state index contributed by atoms with van der Waals surface area (Å²) < 4.78 is 1.86. The lowest BCUT2D eigenvalue weighted by Crippen LogP contribution is -2.24. The van der Waals surface area contributed by atoms with E-state index in [0.29, 0.717) is 33.1 Å². The minimum absolute atomic E-state index is 0.133. The molecule has 156 valence electrons. The lowest BCUT2D eigenvalue weighted by molar-refractivity contribution is -0.113. The number of nitrogens with one attached hydrogen (secondary N) is 2. The van der Waals surface area contributed by atoms with Gasteiger partial charge in [-0.3, -0.25) is 9.59 Å². The smallest absolute Gasteiger partial charge is 0.251 e. The molecule has 0 radical (unpaired) electrons. The number of nitrogens with zero attached hydrogens (tertiary/aromatic N) is 3. The molecule has 30 heavy (non-hydrogen) atoms. The highest BCUT2D eigenvalue weighted by molar-refractivity contribution is 7.99. The van der Waals surface area contributed by atoms with Crippen LogP contribution in [0.2, 0.25) is 10.0 Å². The third-order valence-corrected chi connectivity index (χ3v) is 5.79. The number of carbonyl (C=O) groups is 2. The van der Waals surface area contributed by atoms with Gasteiger partial charge in [0.25, 0.3) is 5.91 Å². The molecule has 3 rings (SSSR count).